The van der Waals surface area contributed by atoms with Crippen LogP contribution in [0.3, 0.4) is 0 Å². The molecule has 0 radical (unpaired) electrons. The summed E-state index contributed by atoms with van der Waals surface area (Å²) < 4.78 is 27.0. The third-order valence-electron chi connectivity index (χ3n) is 4.20. The fraction of sp³-hybridized carbons (Fsp3) is 0.375. The Morgan fingerprint density at radius 1 is 1.08 bits per heavy atom. The number of carbonyl (C=O) groups is 1. The number of amides is 1. The van der Waals surface area contributed by atoms with Gasteiger partial charge in [-0.25, -0.2) is 8.42 Å². The average molecular weight is 348 g/mol. The highest BCUT2D eigenvalue weighted by Crippen LogP contribution is 2.23. The first-order chi connectivity index (χ1) is 11.4. The molecule has 0 spiro atoms. The molecule has 1 aliphatic rings. The first-order valence-electron chi connectivity index (χ1n) is 7.77. The van der Waals surface area contributed by atoms with E-state index >= 15 is 0 Å². The van der Waals surface area contributed by atoms with E-state index in [9.17, 15) is 13.2 Å². The number of rotatable bonds is 3. The van der Waals surface area contributed by atoms with Crippen molar-refractivity contribution < 1.29 is 13.2 Å². The lowest BCUT2D eigenvalue weighted by atomic mass is 10.2. The van der Waals surface area contributed by atoms with Crippen molar-refractivity contribution >= 4 is 15.9 Å². The Kier molecular flexibility index (Phi) is 4.42. The molecule has 8 heteroatoms. The van der Waals surface area contributed by atoms with Gasteiger partial charge in [-0.1, -0.05) is 18.2 Å². The molecule has 1 amide bonds. The normalized spacial score (nSPS) is 16.3. The zero-order valence-corrected chi connectivity index (χ0v) is 14.5. The van der Waals surface area contributed by atoms with Gasteiger partial charge in [-0.2, -0.15) is 9.40 Å². The standard InChI is InChI=1S/C16H20N4O3S/c1-12-15(13(2)18-17-12)24(22,23)20-10-8-19(9-11-20)16(21)14-6-4-3-5-7-14/h3-7H,8-11H2,1-2H3,(H,17,18). The summed E-state index contributed by atoms with van der Waals surface area (Å²) in [5.74, 6) is -0.0664. The van der Waals surface area contributed by atoms with Crippen molar-refractivity contribution in [2.45, 2.75) is 18.7 Å². The van der Waals surface area contributed by atoms with Crippen molar-refractivity contribution in [3.05, 3.63) is 47.3 Å². The molecule has 3 rings (SSSR count). The average Bonchev–Trinajstić information content (AvgIpc) is 2.94. The molecule has 1 N–H and O–H groups in total. The van der Waals surface area contributed by atoms with E-state index in [1.807, 2.05) is 18.2 Å². The number of hydrogen-bond donors (Lipinski definition) is 1. The Morgan fingerprint density at radius 3 is 2.25 bits per heavy atom. The highest BCUT2D eigenvalue weighted by atomic mass is 32.2. The lowest BCUT2D eigenvalue weighted by Gasteiger charge is -2.34. The number of piperazine rings is 1. The Balaban J connectivity index is 1.72. The van der Waals surface area contributed by atoms with E-state index in [0.29, 0.717) is 30.0 Å². The van der Waals surface area contributed by atoms with Crippen LogP contribution in [-0.4, -0.2) is 59.9 Å². The van der Waals surface area contributed by atoms with Crippen LogP contribution in [0.1, 0.15) is 21.7 Å². The van der Waals surface area contributed by atoms with Gasteiger partial charge in [-0.05, 0) is 26.0 Å². The van der Waals surface area contributed by atoms with Crippen molar-refractivity contribution in [3.8, 4) is 0 Å². The van der Waals surface area contributed by atoms with Crippen molar-refractivity contribution in [1.29, 1.82) is 0 Å². The number of benzene rings is 1. The molecule has 0 aliphatic carbocycles. The summed E-state index contributed by atoms with van der Waals surface area (Å²) in [5.41, 5.74) is 1.63. The number of aromatic nitrogens is 2. The monoisotopic (exact) mass is 348 g/mol. The van der Waals surface area contributed by atoms with Gasteiger partial charge in [0.05, 0.1) is 11.4 Å². The van der Waals surface area contributed by atoms with E-state index in [1.54, 1.807) is 30.9 Å². The van der Waals surface area contributed by atoms with Crippen LogP contribution in [0.25, 0.3) is 0 Å². The van der Waals surface area contributed by atoms with Gasteiger partial charge < -0.3 is 4.90 Å². The molecular formula is C16H20N4O3S. The summed E-state index contributed by atoms with van der Waals surface area (Å²) in [5, 5.41) is 6.68. The predicted molar refractivity (Wildman–Crippen MR) is 89.2 cm³/mol. The third-order valence-corrected chi connectivity index (χ3v) is 6.37. The molecule has 128 valence electrons. The number of sulfonamides is 1. The molecule has 0 atom stereocenters. The molecule has 0 bridgehead atoms. The molecular weight excluding hydrogens is 328 g/mol. The van der Waals surface area contributed by atoms with Crippen LogP contribution >= 0.6 is 0 Å². The van der Waals surface area contributed by atoms with Gasteiger partial charge in [0.1, 0.15) is 4.90 Å². The molecule has 24 heavy (non-hydrogen) atoms. The molecule has 1 aromatic carbocycles. The topological polar surface area (TPSA) is 86.4 Å². The second-order valence-corrected chi connectivity index (χ2v) is 7.70. The van der Waals surface area contributed by atoms with E-state index in [4.69, 9.17) is 0 Å². The van der Waals surface area contributed by atoms with Crippen LogP contribution < -0.4 is 0 Å². The zero-order chi connectivity index (χ0) is 17.3. The Bertz CT molecular complexity index is 818. The number of aryl methyl sites for hydroxylation is 2. The summed E-state index contributed by atoms with van der Waals surface area (Å²) in [6.45, 7) is 4.69. The molecule has 1 aliphatic heterocycles. The van der Waals surface area contributed by atoms with Crippen LogP contribution in [-0.2, 0) is 10.0 Å². The van der Waals surface area contributed by atoms with E-state index in [1.165, 1.54) is 4.31 Å². The SMILES string of the molecule is Cc1n[nH]c(C)c1S(=O)(=O)N1CCN(C(=O)c2ccccc2)CC1. The highest BCUT2D eigenvalue weighted by molar-refractivity contribution is 7.89. The Labute approximate surface area is 141 Å². The second-order valence-electron chi connectivity index (χ2n) is 5.83. The van der Waals surface area contributed by atoms with E-state index < -0.39 is 10.0 Å². The van der Waals surface area contributed by atoms with E-state index in [2.05, 4.69) is 10.2 Å². The zero-order valence-electron chi connectivity index (χ0n) is 13.7. The fourth-order valence-corrected chi connectivity index (χ4v) is 4.70. The summed E-state index contributed by atoms with van der Waals surface area (Å²) in [6, 6.07) is 9.03. The van der Waals surface area contributed by atoms with E-state index in [-0.39, 0.29) is 23.9 Å². The predicted octanol–water partition coefficient (Wildman–Crippen LogP) is 1.17. The minimum atomic E-state index is -3.59. The molecule has 1 fully saturated rings. The third kappa shape index (κ3) is 2.94. The van der Waals surface area contributed by atoms with Crippen molar-refractivity contribution in [3.63, 3.8) is 0 Å². The first kappa shape index (κ1) is 16.7. The first-order valence-corrected chi connectivity index (χ1v) is 9.21. The van der Waals surface area contributed by atoms with Gasteiger partial charge in [0.25, 0.3) is 5.91 Å². The number of carbonyl (C=O) groups excluding carboxylic acids is 1. The van der Waals surface area contributed by atoms with Gasteiger partial charge >= 0.3 is 0 Å². The summed E-state index contributed by atoms with van der Waals surface area (Å²) >= 11 is 0. The van der Waals surface area contributed by atoms with Crippen LogP contribution in [0.4, 0.5) is 0 Å². The molecule has 7 nitrogen and oxygen atoms in total. The molecule has 0 unspecified atom stereocenters. The Hall–Kier alpha value is -2.19. The molecule has 0 saturated carbocycles. The van der Waals surface area contributed by atoms with Gasteiger partial charge in [0, 0.05) is 31.7 Å². The van der Waals surface area contributed by atoms with Gasteiger partial charge in [0.2, 0.25) is 10.0 Å². The van der Waals surface area contributed by atoms with Crippen LogP contribution in [0, 0.1) is 13.8 Å². The highest BCUT2D eigenvalue weighted by Gasteiger charge is 2.33. The lowest BCUT2D eigenvalue weighted by molar-refractivity contribution is 0.0698. The summed E-state index contributed by atoms with van der Waals surface area (Å²) in [6.07, 6.45) is 0. The van der Waals surface area contributed by atoms with Gasteiger partial charge in [0.15, 0.2) is 0 Å². The van der Waals surface area contributed by atoms with Crippen molar-refractivity contribution in [1.82, 2.24) is 19.4 Å². The molecule has 1 saturated heterocycles. The maximum absolute atomic E-state index is 12.8. The number of H-pyrrole nitrogens is 1. The van der Waals surface area contributed by atoms with Crippen molar-refractivity contribution in [2.75, 3.05) is 26.2 Å². The van der Waals surface area contributed by atoms with Crippen LogP contribution in [0.5, 0.6) is 0 Å². The molecule has 2 aromatic rings. The van der Waals surface area contributed by atoms with Crippen LogP contribution in [0.2, 0.25) is 0 Å². The van der Waals surface area contributed by atoms with E-state index in [0.717, 1.165) is 0 Å². The fourth-order valence-electron chi connectivity index (χ4n) is 2.94. The summed E-state index contributed by atoms with van der Waals surface area (Å²) in [4.78, 5) is 14.4. The Morgan fingerprint density at radius 2 is 1.71 bits per heavy atom. The minimum Gasteiger partial charge on any atom is -0.336 e. The minimum absolute atomic E-state index is 0.0664. The summed E-state index contributed by atoms with van der Waals surface area (Å²) in [7, 11) is -3.59. The maximum atomic E-state index is 12.8. The quantitative estimate of drug-likeness (QED) is 0.902. The van der Waals surface area contributed by atoms with Crippen molar-refractivity contribution in [2.24, 2.45) is 0 Å². The largest absolute Gasteiger partial charge is 0.336 e. The number of hydrogen-bond acceptors (Lipinski definition) is 4. The number of nitrogens with one attached hydrogen (secondary N) is 1. The number of aromatic amines is 1. The van der Waals surface area contributed by atoms with Gasteiger partial charge in [-0.3, -0.25) is 9.89 Å². The maximum Gasteiger partial charge on any atom is 0.253 e. The van der Waals surface area contributed by atoms with Crippen LogP contribution in [0.15, 0.2) is 35.2 Å². The smallest absolute Gasteiger partial charge is 0.253 e. The van der Waals surface area contributed by atoms with Gasteiger partial charge in [-0.15, -0.1) is 0 Å². The molecule has 2 heterocycles. The lowest BCUT2D eigenvalue weighted by Crippen LogP contribution is -2.50. The number of nitrogens with zero attached hydrogens (tertiary/aromatic N) is 3. The second kappa shape index (κ2) is 6.37. The molecule has 1 aromatic heterocycles.